The second kappa shape index (κ2) is 8.36. The van der Waals surface area contributed by atoms with Crippen molar-refractivity contribution < 1.29 is 19.1 Å². The second-order valence-electron chi connectivity index (χ2n) is 5.11. The van der Waals surface area contributed by atoms with Gasteiger partial charge in [-0.1, -0.05) is 41.9 Å². The Morgan fingerprint density at radius 3 is 2.58 bits per heavy atom. The lowest BCUT2D eigenvalue weighted by molar-refractivity contribution is -0.145. The molecule has 0 saturated heterocycles. The fourth-order valence-electron chi connectivity index (χ4n) is 2.22. The predicted molar refractivity (Wildman–Crippen MR) is 90.8 cm³/mol. The summed E-state index contributed by atoms with van der Waals surface area (Å²) < 4.78 is 10.6. The van der Waals surface area contributed by atoms with E-state index < -0.39 is 12.0 Å². The fraction of sp³-hybridized carbons (Fsp3) is 0.222. The van der Waals surface area contributed by atoms with Crippen LogP contribution in [0, 0.1) is 0 Å². The minimum Gasteiger partial charge on any atom is -0.489 e. The van der Waals surface area contributed by atoms with E-state index in [1.165, 1.54) is 14.0 Å². The molecule has 0 radical (unpaired) electrons. The van der Waals surface area contributed by atoms with Crippen LogP contribution >= 0.6 is 11.6 Å². The third-order valence-corrected chi connectivity index (χ3v) is 3.53. The van der Waals surface area contributed by atoms with Gasteiger partial charge in [0.2, 0.25) is 5.91 Å². The molecule has 1 N–H and O–H groups in total. The number of amides is 1. The van der Waals surface area contributed by atoms with Crippen LogP contribution in [0.3, 0.4) is 0 Å². The van der Waals surface area contributed by atoms with Crippen LogP contribution in [0.5, 0.6) is 5.75 Å². The van der Waals surface area contributed by atoms with E-state index in [0.29, 0.717) is 16.3 Å². The van der Waals surface area contributed by atoms with E-state index in [4.69, 9.17) is 21.1 Å². The normalized spacial score (nSPS) is 11.5. The number of carbonyl (C=O) groups is 2. The molecule has 0 heterocycles. The number of halogens is 1. The van der Waals surface area contributed by atoms with Crippen molar-refractivity contribution in [3.63, 3.8) is 0 Å². The summed E-state index contributed by atoms with van der Waals surface area (Å²) in [6, 6.07) is 13.4. The molecule has 0 aliphatic heterocycles. The molecule has 6 heteroatoms. The minimum absolute atomic E-state index is 0.283. The number of para-hydroxylation sites is 1. The van der Waals surface area contributed by atoms with Gasteiger partial charge in [-0.3, -0.25) is 4.79 Å². The molecule has 0 spiro atoms. The molecule has 5 nitrogen and oxygen atoms in total. The molecule has 2 aromatic carbocycles. The van der Waals surface area contributed by atoms with E-state index in [1.807, 2.05) is 12.1 Å². The van der Waals surface area contributed by atoms with Crippen molar-refractivity contribution in [2.45, 2.75) is 19.6 Å². The maximum Gasteiger partial charge on any atom is 0.333 e. The smallest absolute Gasteiger partial charge is 0.333 e. The first-order valence-electron chi connectivity index (χ1n) is 7.32. The van der Waals surface area contributed by atoms with Crippen LogP contribution in [0.4, 0.5) is 0 Å². The zero-order chi connectivity index (χ0) is 17.5. The average molecular weight is 348 g/mol. The lowest BCUT2D eigenvalue weighted by atomic mass is 10.1. The maximum atomic E-state index is 12.0. The highest BCUT2D eigenvalue weighted by Crippen LogP contribution is 2.27. The van der Waals surface area contributed by atoms with Gasteiger partial charge in [-0.15, -0.1) is 0 Å². The zero-order valence-corrected chi connectivity index (χ0v) is 14.2. The summed E-state index contributed by atoms with van der Waals surface area (Å²) >= 11 is 5.96. The summed E-state index contributed by atoms with van der Waals surface area (Å²) in [5.41, 5.74) is 1.42. The molecule has 2 rings (SSSR count). The fourth-order valence-corrected chi connectivity index (χ4v) is 2.44. The Balaban J connectivity index is 2.24. The number of nitrogens with one attached hydrogen (secondary N) is 1. The summed E-state index contributed by atoms with van der Waals surface area (Å²) in [5, 5.41) is 3.20. The summed E-state index contributed by atoms with van der Waals surface area (Å²) in [6.07, 6.45) is 0. The van der Waals surface area contributed by atoms with Crippen molar-refractivity contribution in [3.8, 4) is 5.75 Å². The molecule has 24 heavy (non-hydrogen) atoms. The summed E-state index contributed by atoms with van der Waals surface area (Å²) in [5.74, 6) is -0.416. The van der Waals surface area contributed by atoms with Gasteiger partial charge in [0, 0.05) is 17.5 Å². The van der Waals surface area contributed by atoms with E-state index in [9.17, 15) is 9.59 Å². The number of esters is 1. The monoisotopic (exact) mass is 347 g/mol. The van der Waals surface area contributed by atoms with E-state index in [-0.39, 0.29) is 12.5 Å². The molecule has 0 saturated carbocycles. The molecule has 1 atom stereocenters. The Morgan fingerprint density at radius 1 is 1.17 bits per heavy atom. The minimum atomic E-state index is -0.928. The Bertz CT molecular complexity index is 732. The number of rotatable bonds is 6. The first-order valence-corrected chi connectivity index (χ1v) is 7.70. The third-order valence-electron chi connectivity index (χ3n) is 3.30. The van der Waals surface area contributed by atoms with Gasteiger partial charge in [0.05, 0.1) is 7.11 Å². The number of ether oxygens (including phenoxy) is 2. The van der Waals surface area contributed by atoms with E-state index >= 15 is 0 Å². The van der Waals surface area contributed by atoms with Crippen molar-refractivity contribution in [2.75, 3.05) is 7.11 Å². The molecule has 1 amide bonds. The van der Waals surface area contributed by atoms with Crippen LogP contribution < -0.4 is 10.1 Å². The largest absolute Gasteiger partial charge is 0.489 e. The second-order valence-corrected chi connectivity index (χ2v) is 5.55. The van der Waals surface area contributed by atoms with Gasteiger partial charge < -0.3 is 14.8 Å². The van der Waals surface area contributed by atoms with Gasteiger partial charge >= 0.3 is 5.97 Å². The average Bonchev–Trinajstić information content (AvgIpc) is 2.57. The molecule has 0 fully saturated rings. The van der Waals surface area contributed by atoms with Crippen molar-refractivity contribution in [1.82, 2.24) is 5.32 Å². The molecule has 0 aliphatic rings. The molecule has 2 aromatic rings. The van der Waals surface area contributed by atoms with Crippen LogP contribution in [0.15, 0.2) is 48.5 Å². The topological polar surface area (TPSA) is 64.6 Å². The highest BCUT2D eigenvalue weighted by Gasteiger charge is 2.25. The third kappa shape index (κ3) is 4.73. The summed E-state index contributed by atoms with van der Waals surface area (Å²) in [6.45, 7) is 1.62. The highest BCUT2D eigenvalue weighted by atomic mass is 35.5. The van der Waals surface area contributed by atoms with Gasteiger partial charge in [0.1, 0.15) is 12.4 Å². The molecule has 0 unspecified atom stereocenters. The Hall–Kier alpha value is -2.53. The molecular weight excluding hydrogens is 330 g/mol. The van der Waals surface area contributed by atoms with Gasteiger partial charge in [0.25, 0.3) is 0 Å². The Labute approximate surface area is 145 Å². The molecular formula is C18H18ClNO4. The maximum absolute atomic E-state index is 12.0. The SMILES string of the molecule is COC(=O)[C@@H](NC(C)=O)c1ccccc1OCc1cccc(Cl)c1. The Kier molecular flexibility index (Phi) is 6.21. The van der Waals surface area contributed by atoms with Gasteiger partial charge in [-0.25, -0.2) is 4.79 Å². The first kappa shape index (κ1) is 17.8. The lowest BCUT2D eigenvalue weighted by Gasteiger charge is -2.19. The number of methoxy groups -OCH3 is 1. The van der Waals surface area contributed by atoms with Crippen molar-refractivity contribution in [2.24, 2.45) is 0 Å². The van der Waals surface area contributed by atoms with E-state index in [0.717, 1.165) is 5.56 Å². The van der Waals surface area contributed by atoms with E-state index in [2.05, 4.69) is 5.32 Å². The molecule has 0 aliphatic carbocycles. The zero-order valence-electron chi connectivity index (χ0n) is 13.4. The van der Waals surface area contributed by atoms with E-state index in [1.54, 1.807) is 36.4 Å². The number of carbonyl (C=O) groups excluding carboxylic acids is 2. The quantitative estimate of drug-likeness (QED) is 0.814. The first-order chi connectivity index (χ1) is 11.5. The van der Waals surface area contributed by atoms with Gasteiger partial charge in [0.15, 0.2) is 6.04 Å². The predicted octanol–water partition coefficient (Wildman–Crippen LogP) is 3.27. The molecule has 0 aromatic heterocycles. The van der Waals surface area contributed by atoms with Crippen molar-refractivity contribution in [1.29, 1.82) is 0 Å². The number of benzene rings is 2. The lowest BCUT2D eigenvalue weighted by Crippen LogP contribution is -2.33. The van der Waals surface area contributed by atoms with Crippen LogP contribution in [0.2, 0.25) is 5.02 Å². The van der Waals surface area contributed by atoms with Crippen LogP contribution in [-0.4, -0.2) is 19.0 Å². The van der Waals surface area contributed by atoms with Gasteiger partial charge in [-0.05, 0) is 23.8 Å². The summed E-state index contributed by atoms with van der Waals surface area (Å²) in [7, 11) is 1.27. The van der Waals surface area contributed by atoms with Crippen LogP contribution in [-0.2, 0) is 20.9 Å². The highest BCUT2D eigenvalue weighted by molar-refractivity contribution is 6.30. The van der Waals surface area contributed by atoms with Crippen molar-refractivity contribution >= 4 is 23.5 Å². The van der Waals surface area contributed by atoms with Gasteiger partial charge in [-0.2, -0.15) is 0 Å². The molecule has 126 valence electrons. The van der Waals surface area contributed by atoms with Crippen LogP contribution in [0.25, 0.3) is 0 Å². The molecule has 0 bridgehead atoms. The van der Waals surface area contributed by atoms with Crippen molar-refractivity contribution in [3.05, 3.63) is 64.7 Å². The standard InChI is InChI=1S/C18H18ClNO4/c1-12(21)20-17(18(22)23-2)15-8-3-4-9-16(15)24-11-13-6-5-7-14(19)10-13/h3-10,17H,11H2,1-2H3,(H,20,21)/t17-/m0/s1. The van der Waals surface area contributed by atoms with Crippen LogP contribution in [0.1, 0.15) is 24.1 Å². The summed E-state index contributed by atoms with van der Waals surface area (Å²) in [4.78, 5) is 23.4. The number of hydrogen-bond donors (Lipinski definition) is 1. The Morgan fingerprint density at radius 2 is 1.92 bits per heavy atom. The number of hydrogen-bond acceptors (Lipinski definition) is 4.